The van der Waals surface area contributed by atoms with Crippen molar-refractivity contribution in [1.29, 1.82) is 0 Å². The van der Waals surface area contributed by atoms with Crippen LogP contribution in [0.2, 0.25) is 0 Å². The number of nitrogens with one attached hydrogen (secondary N) is 1. The van der Waals surface area contributed by atoms with Crippen molar-refractivity contribution in [1.82, 2.24) is 5.32 Å². The van der Waals surface area contributed by atoms with Crippen LogP contribution in [0.1, 0.15) is 34.1 Å². The first-order chi connectivity index (χ1) is 5.42. The van der Waals surface area contributed by atoms with Crippen molar-refractivity contribution < 1.29 is 9.53 Å². The number of hydrogen-bond acceptors (Lipinski definition) is 2. The van der Waals surface area contributed by atoms with Crippen LogP contribution in [-0.2, 0) is 4.74 Å². The number of carbonyl (C=O) groups excluding carboxylic acids is 1. The lowest BCUT2D eigenvalue weighted by atomic mass is 9.92. The Kier molecular flexibility index (Phi) is 2.31. The van der Waals surface area contributed by atoms with Gasteiger partial charge >= 0.3 is 6.09 Å². The third kappa shape index (κ3) is 1.90. The minimum atomic E-state index is -0.346. The van der Waals surface area contributed by atoms with Crippen molar-refractivity contribution in [3.05, 3.63) is 0 Å². The molecule has 1 rings (SSSR count). The Hall–Kier alpha value is -0.730. The molecule has 12 heavy (non-hydrogen) atoms. The van der Waals surface area contributed by atoms with Crippen molar-refractivity contribution in [2.75, 3.05) is 0 Å². The molecule has 70 valence electrons. The summed E-state index contributed by atoms with van der Waals surface area (Å²) in [7, 11) is 0. The van der Waals surface area contributed by atoms with Gasteiger partial charge in [-0.3, -0.25) is 0 Å². The number of cyclic esters (lactones) is 1. The second-order valence-electron chi connectivity index (χ2n) is 4.32. The lowest BCUT2D eigenvalue weighted by Gasteiger charge is -2.24. The molecule has 3 nitrogen and oxygen atoms in total. The normalized spacial score (nSPS) is 27.1. The first kappa shape index (κ1) is 9.36. The Balaban J connectivity index is 2.59. The van der Waals surface area contributed by atoms with Gasteiger partial charge in [0.2, 0.25) is 0 Å². The Bertz CT molecular complexity index is 187. The van der Waals surface area contributed by atoms with Crippen LogP contribution in [-0.4, -0.2) is 17.7 Å². The van der Waals surface area contributed by atoms with Crippen LogP contribution in [0.5, 0.6) is 0 Å². The van der Waals surface area contributed by atoms with Crippen LogP contribution in [0.25, 0.3) is 0 Å². The Morgan fingerprint density at radius 3 is 2.50 bits per heavy atom. The molecule has 3 heteroatoms. The van der Waals surface area contributed by atoms with Gasteiger partial charge in [-0.25, -0.2) is 4.79 Å². The third-order valence-corrected chi connectivity index (χ3v) is 2.19. The molecule has 0 spiro atoms. The van der Waals surface area contributed by atoms with Crippen LogP contribution in [0.15, 0.2) is 0 Å². The molecule has 1 heterocycles. The standard InChI is InChI=1S/C9H17NO2/c1-6(2)5-7-9(3,4)12-8(11)10-7/h6-7H,5H2,1-4H3,(H,10,11)/t7-/m1/s1. The first-order valence-electron chi connectivity index (χ1n) is 4.41. The predicted octanol–water partition coefficient (Wildman–Crippen LogP) is 1.92. The molecule has 1 N–H and O–H groups in total. The number of alkyl carbamates (subject to hydrolysis) is 1. The van der Waals surface area contributed by atoms with Gasteiger partial charge in [-0.15, -0.1) is 0 Å². The largest absolute Gasteiger partial charge is 0.441 e. The summed E-state index contributed by atoms with van der Waals surface area (Å²) in [4.78, 5) is 10.9. The summed E-state index contributed by atoms with van der Waals surface area (Å²) < 4.78 is 5.11. The fourth-order valence-corrected chi connectivity index (χ4v) is 1.47. The maximum absolute atomic E-state index is 10.9. The number of amides is 1. The van der Waals surface area contributed by atoms with Gasteiger partial charge in [-0.05, 0) is 26.2 Å². The molecule has 0 aromatic heterocycles. The van der Waals surface area contributed by atoms with E-state index in [-0.39, 0.29) is 17.7 Å². The van der Waals surface area contributed by atoms with Gasteiger partial charge in [0.15, 0.2) is 0 Å². The Morgan fingerprint density at radius 1 is 1.58 bits per heavy atom. The van der Waals surface area contributed by atoms with Crippen molar-refractivity contribution in [3.8, 4) is 0 Å². The molecule has 0 radical (unpaired) electrons. The summed E-state index contributed by atoms with van der Waals surface area (Å²) in [6.07, 6.45) is 0.685. The summed E-state index contributed by atoms with van der Waals surface area (Å²) in [6, 6.07) is 0.157. The van der Waals surface area contributed by atoms with E-state index in [1.54, 1.807) is 0 Å². The molecule has 1 atom stereocenters. The van der Waals surface area contributed by atoms with Crippen LogP contribution in [0.3, 0.4) is 0 Å². The third-order valence-electron chi connectivity index (χ3n) is 2.19. The zero-order valence-corrected chi connectivity index (χ0v) is 8.18. The lowest BCUT2D eigenvalue weighted by Crippen LogP contribution is -2.39. The highest BCUT2D eigenvalue weighted by atomic mass is 16.6. The molecule has 0 saturated carbocycles. The van der Waals surface area contributed by atoms with Gasteiger partial charge in [0.25, 0.3) is 0 Å². The molecule has 1 saturated heterocycles. The van der Waals surface area contributed by atoms with E-state index in [1.165, 1.54) is 0 Å². The fraction of sp³-hybridized carbons (Fsp3) is 0.889. The Labute approximate surface area is 73.5 Å². The fourth-order valence-electron chi connectivity index (χ4n) is 1.47. The lowest BCUT2D eigenvalue weighted by molar-refractivity contribution is 0.0641. The molecule has 1 fully saturated rings. The summed E-state index contributed by atoms with van der Waals surface area (Å²) in [5.74, 6) is 0.580. The maximum atomic E-state index is 10.9. The Morgan fingerprint density at radius 2 is 2.17 bits per heavy atom. The van der Waals surface area contributed by atoms with Gasteiger partial charge in [0.05, 0.1) is 6.04 Å². The van der Waals surface area contributed by atoms with E-state index in [0.717, 1.165) is 6.42 Å². The average molecular weight is 171 g/mol. The summed E-state index contributed by atoms with van der Waals surface area (Å²) in [5.41, 5.74) is -0.346. The summed E-state index contributed by atoms with van der Waals surface area (Å²) in [6.45, 7) is 8.16. The minimum absolute atomic E-state index is 0.157. The van der Waals surface area contributed by atoms with Crippen LogP contribution < -0.4 is 5.32 Å². The number of hydrogen-bond donors (Lipinski definition) is 1. The zero-order valence-electron chi connectivity index (χ0n) is 8.18. The zero-order chi connectivity index (χ0) is 9.35. The molecule has 1 aliphatic heterocycles. The highest BCUT2D eigenvalue weighted by molar-refractivity contribution is 5.70. The van der Waals surface area contributed by atoms with Crippen LogP contribution in [0.4, 0.5) is 4.79 Å². The van der Waals surface area contributed by atoms with Crippen LogP contribution >= 0.6 is 0 Å². The number of ether oxygens (including phenoxy) is 1. The van der Waals surface area contributed by atoms with Gasteiger partial charge in [-0.1, -0.05) is 13.8 Å². The van der Waals surface area contributed by atoms with Crippen LogP contribution in [0, 0.1) is 5.92 Å². The van der Waals surface area contributed by atoms with Gasteiger partial charge in [0, 0.05) is 0 Å². The highest BCUT2D eigenvalue weighted by Crippen LogP contribution is 2.25. The second kappa shape index (κ2) is 2.96. The number of carbonyl (C=O) groups is 1. The van der Waals surface area contributed by atoms with Crippen molar-refractivity contribution in [2.45, 2.75) is 45.8 Å². The molecule has 0 aromatic carbocycles. The number of rotatable bonds is 2. The summed E-state index contributed by atoms with van der Waals surface area (Å²) in [5, 5.41) is 2.81. The quantitative estimate of drug-likeness (QED) is 0.689. The molecule has 0 bridgehead atoms. The van der Waals surface area contributed by atoms with E-state index in [0.29, 0.717) is 5.92 Å². The average Bonchev–Trinajstić information content (AvgIpc) is 2.04. The molecular weight excluding hydrogens is 154 g/mol. The molecule has 0 aromatic rings. The van der Waals surface area contributed by atoms with Crippen molar-refractivity contribution in [2.24, 2.45) is 5.92 Å². The van der Waals surface area contributed by atoms with E-state index < -0.39 is 0 Å². The minimum Gasteiger partial charge on any atom is -0.441 e. The first-order valence-corrected chi connectivity index (χ1v) is 4.41. The molecular formula is C9H17NO2. The molecule has 1 amide bonds. The van der Waals surface area contributed by atoms with E-state index in [4.69, 9.17) is 4.74 Å². The van der Waals surface area contributed by atoms with Crippen molar-refractivity contribution >= 4 is 6.09 Å². The molecule has 0 aliphatic carbocycles. The topological polar surface area (TPSA) is 38.3 Å². The van der Waals surface area contributed by atoms with Gasteiger partial charge in [-0.2, -0.15) is 0 Å². The van der Waals surface area contributed by atoms with Gasteiger partial charge in [0.1, 0.15) is 5.60 Å². The van der Waals surface area contributed by atoms with E-state index >= 15 is 0 Å². The summed E-state index contributed by atoms with van der Waals surface area (Å²) >= 11 is 0. The highest BCUT2D eigenvalue weighted by Gasteiger charge is 2.41. The SMILES string of the molecule is CC(C)C[C@H]1NC(=O)OC1(C)C. The molecule has 0 unspecified atom stereocenters. The second-order valence-corrected chi connectivity index (χ2v) is 4.32. The monoisotopic (exact) mass is 171 g/mol. The molecule has 1 aliphatic rings. The predicted molar refractivity (Wildman–Crippen MR) is 46.9 cm³/mol. The van der Waals surface area contributed by atoms with E-state index in [1.807, 2.05) is 13.8 Å². The van der Waals surface area contributed by atoms with Gasteiger partial charge < -0.3 is 10.1 Å². The maximum Gasteiger partial charge on any atom is 0.408 e. The van der Waals surface area contributed by atoms with E-state index in [9.17, 15) is 4.79 Å². The van der Waals surface area contributed by atoms with Crippen molar-refractivity contribution in [3.63, 3.8) is 0 Å². The smallest absolute Gasteiger partial charge is 0.408 e. The van der Waals surface area contributed by atoms with E-state index in [2.05, 4.69) is 19.2 Å².